The summed E-state index contributed by atoms with van der Waals surface area (Å²) in [5.41, 5.74) is 5.52. The minimum Gasteiger partial charge on any atom is -0.372 e. The molecule has 1 aliphatic carbocycles. The molecule has 1 atom stereocenters. The predicted molar refractivity (Wildman–Crippen MR) is 123 cm³/mol. The highest BCUT2D eigenvalue weighted by molar-refractivity contribution is 8.03. The molecule has 1 aromatic rings. The highest BCUT2D eigenvalue weighted by atomic mass is 32.2. The highest BCUT2D eigenvalue weighted by Crippen LogP contribution is 2.44. The maximum Gasteiger partial charge on any atom is 0.236 e. The van der Waals surface area contributed by atoms with E-state index in [0.717, 1.165) is 51.7 Å². The van der Waals surface area contributed by atoms with Gasteiger partial charge in [0.2, 0.25) is 5.91 Å². The number of thioether (sulfide) groups is 1. The number of nitrogens with zero attached hydrogens (tertiary/aromatic N) is 3. The van der Waals surface area contributed by atoms with E-state index < -0.39 is 0 Å². The fourth-order valence-electron chi connectivity index (χ4n) is 5.26. The second-order valence-electron chi connectivity index (χ2n) is 9.31. The molecule has 0 bridgehead atoms. The number of piperazine rings is 1. The van der Waals surface area contributed by atoms with Crippen molar-refractivity contribution in [1.82, 2.24) is 20.0 Å². The second-order valence-corrected chi connectivity index (χ2v) is 10.5. The van der Waals surface area contributed by atoms with Crippen molar-refractivity contribution in [1.29, 1.82) is 0 Å². The molecule has 0 aromatic heterocycles. The van der Waals surface area contributed by atoms with Gasteiger partial charge < -0.3 is 10.2 Å². The Morgan fingerprint density at radius 3 is 2.50 bits per heavy atom. The van der Waals surface area contributed by atoms with Gasteiger partial charge in [0, 0.05) is 62.3 Å². The van der Waals surface area contributed by atoms with Gasteiger partial charge in [0.1, 0.15) is 5.37 Å². The zero-order chi connectivity index (χ0) is 20.7. The average Bonchev–Trinajstić information content (AvgIpc) is 3.10. The van der Waals surface area contributed by atoms with Crippen molar-refractivity contribution in [3.63, 3.8) is 0 Å². The lowest BCUT2D eigenvalue weighted by molar-refractivity contribution is -0.134. The Morgan fingerprint density at radius 2 is 1.83 bits per heavy atom. The molecule has 2 fully saturated rings. The van der Waals surface area contributed by atoms with Gasteiger partial charge in [-0.15, -0.1) is 0 Å². The third kappa shape index (κ3) is 4.02. The lowest BCUT2D eigenvalue weighted by Gasteiger charge is -2.43. The van der Waals surface area contributed by atoms with Crippen molar-refractivity contribution in [2.45, 2.75) is 50.9 Å². The Morgan fingerprint density at radius 1 is 1.10 bits per heavy atom. The standard InChI is InChI=1S/C24H34N4OS/c1-17-5-3-6-18(2)23(17)24-25-20-9-10-26(15-21(20)30-24)16-22(29)28-13-11-27(12-14-28)19-7-4-8-19/h3,5-6,19,24-25H,4,7-16H2,1-2H3. The molecule has 5 rings (SSSR count). The second kappa shape index (κ2) is 8.56. The van der Waals surface area contributed by atoms with E-state index in [1.807, 2.05) is 11.8 Å². The summed E-state index contributed by atoms with van der Waals surface area (Å²) in [5, 5.41) is 4.08. The average molecular weight is 427 g/mol. The van der Waals surface area contributed by atoms with E-state index in [2.05, 4.69) is 52.1 Å². The molecular formula is C24H34N4OS. The van der Waals surface area contributed by atoms with E-state index in [0.29, 0.717) is 17.8 Å². The third-order valence-corrected chi connectivity index (χ3v) is 8.62. The zero-order valence-corrected chi connectivity index (χ0v) is 19.1. The minimum absolute atomic E-state index is 0.312. The number of nitrogens with one attached hydrogen (secondary N) is 1. The van der Waals surface area contributed by atoms with Crippen LogP contribution in [0.3, 0.4) is 0 Å². The maximum atomic E-state index is 12.9. The Labute approximate surface area is 184 Å². The van der Waals surface area contributed by atoms with E-state index in [1.54, 1.807) is 0 Å². The van der Waals surface area contributed by atoms with Crippen LogP contribution in [0.5, 0.6) is 0 Å². The molecule has 1 saturated carbocycles. The number of hydrogen-bond donors (Lipinski definition) is 1. The van der Waals surface area contributed by atoms with Gasteiger partial charge in [-0.2, -0.15) is 0 Å². The predicted octanol–water partition coefficient (Wildman–Crippen LogP) is 3.25. The van der Waals surface area contributed by atoms with Gasteiger partial charge in [0.25, 0.3) is 0 Å². The molecule has 6 heteroatoms. The lowest BCUT2D eigenvalue weighted by Crippen LogP contribution is -2.55. The zero-order valence-electron chi connectivity index (χ0n) is 18.3. The fourth-order valence-corrected chi connectivity index (χ4v) is 6.80. The molecule has 1 saturated heterocycles. The number of rotatable bonds is 4. The summed E-state index contributed by atoms with van der Waals surface area (Å²) < 4.78 is 0. The largest absolute Gasteiger partial charge is 0.372 e. The summed E-state index contributed by atoms with van der Waals surface area (Å²) in [4.78, 5) is 21.4. The first kappa shape index (κ1) is 20.4. The minimum atomic E-state index is 0.312. The van der Waals surface area contributed by atoms with Crippen molar-refractivity contribution in [3.05, 3.63) is 45.5 Å². The topological polar surface area (TPSA) is 38.8 Å². The summed E-state index contributed by atoms with van der Waals surface area (Å²) in [6, 6.07) is 7.35. The van der Waals surface area contributed by atoms with Crippen LogP contribution in [0.15, 0.2) is 28.8 Å². The summed E-state index contributed by atoms with van der Waals surface area (Å²) in [6.45, 7) is 10.8. The van der Waals surface area contributed by atoms with Gasteiger partial charge in [-0.1, -0.05) is 36.4 Å². The van der Waals surface area contributed by atoms with E-state index in [1.165, 1.54) is 46.6 Å². The van der Waals surface area contributed by atoms with Crippen LogP contribution in [0, 0.1) is 13.8 Å². The van der Waals surface area contributed by atoms with Gasteiger partial charge in [0.05, 0.1) is 6.54 Å². The van der Waals surface area contributed by atoms with Gasteiger partial charge in [-0.3, -0.25) is 14.6 Å². The van der Waals surface area contributed by atoms with E-state index in [9.17, 15) is 4.79 Å². The molecule has 0 spiro atoms. The van der Waals surface area contributed by atoms with Crippen LogP contribution in [-0.2, 0) is 4.79 Å². The molecule has 1 unspecified atom stereocenters. The first-order valence-corrected chi connectivity index (χ1v) is 12.4. The van der Waals surface area contributed by atoms with Gasteiger partial charge >= 0.3 is 0 Å². The molecule has 162 valence electrons. The van der Waals surface area contributed by atoms with Crippen LogP contribution >= 0.6 is 11.8 Å². The molecule has 4 aliphatic rings. The Hall–Kier alpha value is -1.50. The summed E-state index contributed by atoms with van der Waals surface area (Å²) in [7, 11) is 0. The summed E-state index contributed by atoms with van der Waals surface area (Å²) in [6.07, 6.45) is 5.11. The van der Waals surface area contributed by atoms with Crippen LogP contribution in [0.2, 0.25) is 0 Å². The van der Waals surface area contributed by atoms with Crippen molar-refractivity contribution >= 4 is 17.7 Å². The first-order valence-electron chi connectivity index (χ1n) is 11.5. The van der Waals surface area contributed by atoms with Crippen molar-refractivity contribution in [2.24, 2.45) is 0 Å². The highest BCUT2D eigenvalue weighted by Gasteiger charge is 2.33. The van der Waals surface area contributed by atoms with Crippen molar-refractivity contribution in [2.75, 3.05) is 45.8 Å². The number of amides is 1. The molecule has 5 nitrogen and oxygen atoms in total. The molecular weight excluding hydrogens is 392 g/mol. The number of carbonyl (C=O) groups is 1. The lowest BCUT2D eigenvalue weighted by atomic mass is 9.91. The normalized spacial score (nSPS) is 25.8. The number of carbonyl (C=O) groups excluding carboxylic acids is 1. The summed E-state index contributed by atoms with van der Waals surface area (Å²) in [5.74, 6) is 0.314. The van der Waals surface area contributed by atoms with E-state index >= 15 is 0 Å². The monoisotopic (exact) mass is 426 g/mol. The first-order chi connectivity index (χ1) is 14.6. The molecule has 3 aliphatic heterocycles. The third-order valence-electron chi connectivity index (χ3n) is 7.37. The van der Waals surface area contributed by atoms with Gasteiger partial charge in [-0.05, 0) is 43.4 Å². The van der Waals surface area contributed by atoms with Crippen molar-refractivity contribution < 1.29 is 4.79 Å². The SMILES string of the molecule is Cc1cccc(C)c1C1NC2=C(CN(CC(=O)N3CCN(C4CCC4)CC3)CC2)S1. The number of benzene rings is 1. The Kier molecular flexibility index (Phi) is 5.82. The van der Waals surface area contributed by atoms with Crippen LogP contribution in [0.25, 0.3) is 0 Å². The van der Waals surface area contributed by atoms with E-state index in [-0.39, 0.29) is 0 Å². The smallest absolute Gasteiger partial charge is 0.236 e. The van der Waals surface area contributed by atoms with Crippen LogP contribution < -0.4 is 5.32 Å². The molecule has 1 N–H and O–H groups in total. The van der Waals surface area contributed by atoms with Gasteiger partial charge in [0.15, 0.2) is 0 Å². The van der Waals surface area contributed by atoms with Crippen molar-refractivity contribution in [3.8, 4) is 0 Å². The van der Waals surface area contributed by atoms with Gasteiger partial charge in [-0.25, -0.2) is 0 Å². The van der Waals surface area contributed by atoms with Crippen LogP contribution in [0.1, 0.15) is 47.7 Å². The van der Waals surface area contributed by atoms with E-state index in [4.69, 9.17) is 0 Å². The van der Waals surface area contributed by atoms with Crippen LogP contribution in [-0.4, -0.2) is 72.5 Å². The Balaban J connectivity index is 1.14. The maximum absolute atomic E-state index is 12.9. The summed E-state index contributed by atoms with van der Waals surface area (Å²) >= 11 is 1.95. The molecule has 1 amide bonds. The quantitative estimate of drug-likeness (QED) is 0.800. The fraction of sp³-hybridized carbons (Fsp3) is 0.625. The molecule has 1 aromatic carbocycles. The van der Waals surface area contributed by atoms with Crippen LogP contribution in [0.4, 0.5) is 0 Å². The molecule has 0 radical (unpaired) electrons. The Bertz CT molecular complexity index is 821. The number of aryl methyl sites for hydroxylation is 2. The molecule has 30 heavy (non-hydrogen) atoms. The molecule has 3 heterocycles. The number of hydrogen-bond acceptors (Lipinski definition) is 5.